The number of nitrogens with zero attached hydrogens (tertiary/aromatic N) is 4. The molecule has 1 aliphatic rings. The highest BCUT2D eigenvalue weighted by molar-refractivity contribution is 9.10. The van der Waals surface area contributed by atoms with Crippen molar-refractivity contribution in [3.8, 4) is 0 Å². The predicted octanol–water partition coefficient (Wildman–Crippen LogP) is 3.96. The number of para-hydroxylation sites is 1. The summed E-state index contributed by atoms with van der Waals surface area (Å²) in [5.41, 5.74) is 4.58. The van der Waals surface area contributed by atoms with Crippen LogP contribution < -0.4 is 0 Å². The number of aromatic nitrogens is 3. The fraction of sp³-hybridized carbons (Fsp3) is 0.222. The minimum atomic E-state index is -0.193. The van der Waals surface area contributed by atoms with E-state index in [0.29, 0.717) is 5.82 Å². The van der Waals surface area contributed by atoms with Crippen LogP contribution in [0.15, 0.2) is 51.9 Å². The molecule has 3 aromatic rings. The van der Waals surface area contributed by atoms with Crippen molar-refractivity contribution in [3.63, 3.8) is 0 Å². The molecule has 0 saturated heterocycles. The minimum Gasteiger partial charge on any atom is -0.274 e. The zero-order valence-corrected chi connectivity index (χ0v) is 14.5. The summed E-state index contributed by atoms with van der Waals surface area (Å²) >= 11 is 3.66. The van der Waals surface area contributed by atoms with Crippen LogP contribution in [0.1, 0.15) is 30.8 Å². The molecule has 0 spiro atoms. The molecule has 0 saturated carbocycles. The van der Waals surface area contributed by atoms with Gasteiger partial charge < -0.3 is 0 Å². The molecule has 0 bridgehead atoms. The largest absolute Gasteiger partial charge is 0.274 e. The summed E-state index contributed by atoms with van der Waals surface area (Å²) in [5, 5.41) is 8.61. The van der Waals surface area contributed by atoms with Gasteiger partial charge in [-0.2, -0.15) is 0 Å². The van der Waals surface area contributed by atoms with Gasteiger partial charge in [-0.25, -0.2) is 4.98 Å². The second-order valence-electron chi connectivity index (χ2n) is 6.34. The maximum absolute atomic E-state index is 4.90. The molecule has 5 heteroatoms. The first-order valence-corrected chi connectivity index (χ1v) is 8.30. The van der Waals surface area contributed by atoms with E-state index >= 15 is 0 Å². The van der Waals surface area contributed by atoms with Crippen molar-refractivity contribution in [1.29, 1.82) is 0 Å². The van der Waals surface area contributed by atoms with Gasteiger partial charge in [-0.1, -0.05) is 40.2 Å². The molecule has 23 heavy (non-hydrogen) atoms. The predicted molar refractivity (Wildman–Crippen MR) is 94.9 cm³/mol. The van der Waals surface area contributed by atoms with Crippen LogP contribution in [-0.4, -0.2) is 26.4 Å². The molecule has 4 nitrogen and oxygen atoms in total. The lowest BCUT2D eigenvalue weighted by Crippen LogP contribution is -2.30. The Balaban J connectivity index is 1.95. The van der Waals surface area contributed by atoms with Crippen molar-refractivity contribution in [2.75, 3.05) is 0 Å². The van der Waals surface area contributed by atoms with E-state index in [1.807, 2.05) is 30.3 Å². The first kappa shape index (κ1) is 14.5. The zero-order valence-electron chi connectivity index (χ0n) is 12.9. The number of fused-ring (bicyclic) bond motifs is 2. The van der Waals surface area contributed by atoms with E-state index in [1.54, 1.807) is 0 Å². The summed E-state index contributed by atoms with van der Waals surface area (Å²) in [6.07, 6.45) is 0.883. The molecule has 0 unspecified atom stereocenters. The SMILES string of the molecule is CC1(C)Cc2c(Br)cccc2C(c2nnc3ccccc3n2)=N1. The number of benzene rings is 2. The average molecular weight is 367 g/mol. The maximum Gasteiger partial charge on any atom is 0.201 e. The van der Waals surface area contributed by atoms with Gasteiger partial charge in [0.15, 0.2) is 0 Å². The smallest absolute Gasteiger partial charge is 0.201 e. The van der Waals surface area contributed by atoms with E-state index in [1.165, 1.54) is 5.56 Å². The van der Waals surface area contributed by atoms with Gasteiger partial charge in [-0.15, -0.1) is 10.2 Å². The Morgan fingerprint density at radius 3 is 2.57 bits per heavy atom. The Morgan fingerprint density at radius 2 is 1.74 bits per heavy atom. The third-order valence-corrected chi connectivity index (χ3v) is 4.71. The van der Waals surface area contributed by atoms with E-state index in [2.05, 4.69) is 57.1 Å². The maximum atomic E-state index is 4.90. The Labute approximate surface area is 142 Å². The fourth-order valence-corrected chi connectivity index (χ4v) is 3.45. The van der Waals surface area contributed by atoms with Crippen LogP contribution >= 0.6 is 15.9 Å². The van der Waals surface area contributed by atoms with Gasteiger partial charge in [0.05, 0.1) is 11.1 Å². The van der Waals surface area contributed by atoms with Crippen LogP contribution in [0.25, 0.3) is 11.0 Å². The number of rotatable bonds is 1. The van der Waals surface area contributed by atoms with Gasteiger partial charge in [0.1, 0.15) is 11.2 Å². The third kappa shape index (κ3) is 2.55. The number of aliphatic imine (C=N–C) groups is 1. The van der Waals surface area contributed by atoms with E-state index < -0.39 is 0 Å². The molecule has 2 heterocycles. The Bertz CT molecular complexity index is 947. The highest BCUT2D eigenvalue weighted by atomic mass is 79.9. The highest BCUT2D eigenvalue weighted by Gasteiger charge is 2.30. The van der Waals surface area contributed by atoms with Crippen LogP contribution in [0.2, 0.25) is 0 Å². The Morgan fingerprint density at radius 1 is 0.957 bits per heavy atom. The Hall–Kier alpha value is -2.14. The second-order valence-corrected chi connectivity index (χ2v) is 7.19. The molecule has 0 amide bonds. The van der Waals surface area contributed by atoms with Crippen molar-refractivity contribution >= 4 is 32.7 Å². The number of halogens is 1. The van der Waals surface area contributed by atoms with Gasteiger partial charge in [0, 0.05) is 10.0 Å². The highest BCUT2D eigenvalue weighted by Crippen LogP contribution is 2.33. The van der Waals surface area contributed by atoms with Crippen LogP contribution in [0.3, 0.4) is 0 Å². The summed E-state index contributed by atoms with van der Waals surface area (Å²) < 4.78 is 1.10. The summed E-state index contributed by atoms with van der Waals surface area (Å²) in [4.78, 5) is 9.58. The van der Waals surface area contributed by atoms with Gasteiger partial charge in [0.2, 0.25) is 5.82 Å². The van der Waals surface area contributed by atoms with E-state index in [0.717, 1.165) is 33.2 Å². The molecule has 0 fully saturated rings. The van der Waals surface area contributed by atoms with E-state index in [4.69, 9.17) is 4.99 Å². The lowest BCUT2D eigenvalue weighted by atomic mass is 9.86. The molecule has 0 aliphatic carbocycles. The monoisotopic (exact) mass is 366 g/mol. The zero-order chi connectivity index (χ0) is 16.0. The number of hydrogen-bond acceptors (Lipinski definition) is 4. The van der Waals surface area contributed by atoms with Gasteiger partial charge in [-0.05, 0) is 44.0 Å². The first-order valence-electron chi connectivity index (χ1n) is 7.51. The van der Waals surface area contributed by atoms with Gasteiger partial charge >= 0.3 is 0 Å². The summed E-state index contributed by atoms with van der Waals surface area (Å²) in [5.74, 6) is 0.579. The molecule has 2 aromatic carbocycles. The molecule has 4 rings (SSSR count). The minimum absolute atomic E-state index is 0.193. The van der Waals surface area contributed by atoms with E-state index in [9.17, 15) is 0 Å². The summed E-state index contributed by atoms with van der Waals surface area (Å²) in [7, 11) is 0. The Kier molecular flexibility index (Phi) is 3.27. The van der Waals surface area contributed by atoms with Crippen molar-refractivity contribution in [2.24, 2.45) is 4.99 Å². The van der Waals surface area contributed by atoms with Crippen molar-refractivity contribution in [1.82, 2.24) is 15.2 Å². The molecular formula is C18H15BrN4. The average Bonchev–Trinajstić information content (AvgIpc) is 2.54. The number of hydrogen-bond donors (Lipinski definition) is 0. The van der Waals surface area contributed by atoms with E-state index in [-0.39, 0.29) is 5.54 Å². The molecular weight excluding hydrogens is 352 g/mol. The fourth-order valence-electron chi connectivity index (χ4n) is 2.95. The third-order valence-electron chi connectivity index (χ3n) is 3.97. The van der Waals surface area contributed by atoms with Crippen LogP contribution in [0.4, 0.5) is 0 Å². The first-order chi connectivity index (χ1) is 11.0. The standard InChI is InChI=1S/C18H15BrN4/c1-18(2)10-12-11(6-5-7-13(12)19)16(21-18)17-20-14-8-3-4-9-15(14)22-23-17/h3-9H,10H2,1-2H3. The lowest BCUT2D eigenvalue weighted by molar-refractivity contribution is 0.512. The molecule has 0 radical (unpaired) electrons. The molecule has 0 N–H and O–H groups in total. The van der Waals surface area contributed by atoms with Crippen LogP contribution in [0, 0.1) is 0 Å². The molecule has 1 aliphatic heterocycles. The second kappa shape index (κ2) is 5.20. The normalized spacial score (nSPS) is 16.0. The molecule has 1 aromatic heterocycles. The summed E-state index contributed by atoms with van der Waals surface area (Å²) in [6, 6.07) is 13.9. The quantitative estimate of drug-likeness (QED) is 0.654. The van der Waals surface area contributed by atoms with Crippen molar-refractivity contribution < 1.29 is 0 Å². The van der Waals surface area contributed by atoms with Crippen LogP contribution in [-0.2, 0) is 6.42 Å². The van der Waals surface area contributed by atoms with Crippen molar-refractivity contribution in [3.05, 3.63) is 63.9 Å². The van der Waals surface area contributed by atoms with Crippen LogP contribution in [0.5, 0.6) is 0 Å². The lowest BCUT2D eigenvalue weighted by Gasteiger charge is -2.29. The molecule has 0 atom stereocenters. The topological polar surface area (TPSA) is 51.0 Å². The van der Waals surface area contributed by atoms with Gasteiger partial charge in [0.25, 0.3) is 0 Å². The van der Waals surface area contributed by atoms with Crippen molar-refractivity contribution in [2.45, 2.75) is 25.8 Å². The van der Waals surface area contributed by atoms with Gasteiger partial charge in [-0.3, -0.25) is 4.99 Å². The summed E-state index contributed by atoms with van der Waals surface area (Å²) in [6.45, 7) is 4.26. The molecule has 114 valence electrons.